The maximum absolute atomic E-state index is 11.5. The van der Waals surface area contributed by atoms with Gasteiger partial charge in [-0.05, 0) is 24.1 Å². The number of hydrogen-bond acceptors (Lipinski definition) is 3. The minimum atomic E-state index is -0.156. The number of rotatable bonds is 5. The first-order valence-electron chi connectivity index (χ1n) is 6.51. The molecule has 0 saturated carbocycles. The highest BCUT2D eigenvalue weighted by molar-refractivity contribution is 5.95. The molecule has 0 atom stereocenters. The summed E-state index contributed by atoms with van der Waals surface area (Å²) in [5.74, 6) is 0.567. The summed E-state index contributed by atoms with van der Waals surface area (Å²) in [6.07, 6.45) is 2.47. The average molecular weight is 262 g/mol. The van der Waals surface area contributed by atoms with E-state index < -0.39 is 0 Å². The topological polar surface area (TPSA) is 67.4 Å². The predicted molar refractivity (Wildman–Crippen MR) is 71.9 cm³/mol. The average Bonchev–Trinajstić information content (AvgIpc) is 2.42. The minimum Gasteiger partial charge on any atom is -0.482 e. The van der Waals surface area contributed by atoms with Gasteiger partial charge in [0, 0.05) is 13.0 Å². The summed E-state index contributed by atoms with van der Waals surface area (Å²) < 4.78 is 5.27. The Labute approximate surface area is 112 Å². The van der Waals surface area contributed by atoms with Gasteiger partial charge in [0.2, 0.25) is 5.91 Å². The summed E-state index contributed by atoms with van der Waals surface area (Å²) in [5.41, 5.74) is 1.60. The van der Waals surface area contributed by atoms with Crippen LogP contribution in [0.5, 0.6) is 5.75 Å². The molecule has 0 aromatic heterocycles. The standard InChI is InChI=1S/C14H18N2O3/c1-2-3-4-13(17)15-8-10-5-6-12-11(7-10)16-14(18)9-19-12/h5-7H,2-4,8-9H2,1H3,(H,15,17)(H,16,18). The van der Waals surface area contributed by atoms with E-state index in [1.807, 2.05) is 18.2 Å². The van der Waals surface area contributed by atoms with Crippen molar-refractivity contribution in [1.82, 2.24) is 5.32 Å². The van der Waals surface area contributed by atoms with Crippen molar-refractivity contribution in [2.45, 2.75) is 32.7 Å². The van der Waals surface area contributed by atoms with Crippen molar-refractivity contribution in [2.24, 2.45) is 0 Å². The Morgan fingerprint density at radius 1 is 1.47 bits per heavy atom. The maximum atomic E-state index is 11.5. The SMILES string of the molecule is CCCCC(=O)NCc1ccc2c(c1)NC(=O)CO2. The van der Waals surface area contributed by atoms with Gasteiger partial charge in [0.25, 0.3) is 5.91 Å². The van der Waals surface area contributed by atoms with Gasteiger partial charge in [0.1, 0.15) is 5.75 Å². The molecule has 1 aliphatic heterocycles. The number of anilines is 1. The van der Waals surface area contributed by atoms with Gasteiger partial charge in [-0.1, -0.05) is 19.4 Å². The van der Waals surface area contributed by atoms with Crippen molar-refractivity contribution in [1.29, 1.82) is 0 Å². The Balaban J connectivity index is 1.93. The number of benzene rings is 1. The van der Waals surface area contributed by atoms with E-state index in [1.165, 1.54) is 0 Å². The molecule has 5 nitrogen and oxygen atoms in total. The second-order valence-corrected chi connectivity index (χ2v) is 4.55. The molecular formula is C14H18N2O3. The van der Waals surface area contributed by atoms with Crippen LogP contribution < -0.4 is 15.4 Å². The van der Waals surface area contributed by atoms with Gasteiger partial charge in [-0.2, -0.15) is 0 Å². The third-order valence-corrected chi connectivity index (χ3v) is 2.92. The monoisotopic (exact) mass is 262 g/mol. The van der Waals surface area contributed by atoms with Gasteiger partial charge in [0.05, 0.1) is 5.69 Å². The molecule has 0 radical (unpaired) electrons. The fourth-order valence-electron chi connectivity index (χ4n) is 1.87. The maximum Gasteiger partial charge on any atom is 0.262 e. The van der Waals surface area contributed by atoms with Crippen molar-refractivity contribution in [3.05, 3.63) is 23.8 Å². The van der Waals surface area contributed by atoms with E-state index in [-0.39, 0.29) is 18.4 Å². The van der Waals surface area contributed by atoms with Crippen LogP contribution in [0.4, 0.5) is 5.69 Å². The first kappa shape index (κ1) is 13.4. The number of hydrogen-bond donors (Lipinski definition) is 2. The first-order valence-corrected chi connectivity index (χ1v) is 6.51. The summed E-state index contributed by atoms with van der Waals surface area (Å²) in [4.78, 5) is 22.7. The molecule has 1 aromatic rings. The van der Waals surface area contributed by atoms with E-state index in [4.69, 9.17) is 4.74 Å². The normalized spacial score (nSPS) is 13.2. The zero-order valence-corrected chi connectivity index (χ0v) is 11.0. The lowest BCUT2D eigenvalue weighted by molar-refractivity contribution is -0.121. The van der Waals surface area contributed by atoms with E-state index in [1.54, 1.807) is 0 Å². The molecule has 2 rings (SSSR count). The summed E-state index contributed by atoms with van der Waals surface area (Å²) in [5, 5.41) is 5.60. The molecule has 1 aliphatic rings. The second-order valence-electron chi connectivity index (χ2n) is 4.55. The number of amides is 2. The number of unbranched alkanes of at least 4 members (excludes halogenated alkanes) is 1. The molecule has 102 valence electrons. The minimum absolute atomic E-state index is 0.0554. The number of nitrogens with one attached hydrogen (secondary N) is 2. The van der Waals surface area contributed by atoms with Crippen molar-refractivity contribution in [3.8, 4) is 5.75 Å². The lowest BCUT2D eigenvalue weighted by Crippen LogP contribution is -2.26. The summed E-state index contributed by atoms with van der Waals surface area (Å²) >= 11 is 0. The van der Waals surface area contributed by atoms with Crippen LogP contribution >= 0.6 is 0 Å². The van der Waals surface area contributed by atoms with Gasteiger partial charge >= 0.3 is 0 Å². The Morgan fingerprint density at radius 3 is 3.11 bits per heavy atom. The predicted octanol–water partition coefficient (Wildman–Crippen LogP) is 1.82. The van der Waals surface area contributed by atoms with E-state index in [9.17, 15) is 9.59 Å². The van der Waals surface area contributed by atoms with Crippen LogP contribution in [-0.4, -0.2) is 18.4 Å². The van der Waals surface area contributed by atoms with E-state index in [0.717, 1.165) is 18.4 Å². The highest BCUT2D eigenvalue weighted by Gasteiger charge is 2.15. The quantitative estimate of drug-likeness (QED) is 0.850. The van der Waals surface area contributed by atoms with Gasteiger partial charge < -0.3 is 15.4 Å². The molecule has 1 heterocycles. The van der Waals surface area contributed by atoms with Crippen LogP contribution in [-0.2, 0) is 16.1 Å². The molecule has 0 spiro atoms. The van der Waals surface area contributed by atoms with Crippen LogP contribution in [0.2, 0.25) is 0 Å². The van der Waals surface area contributed by atoms with Crippen molar-refractivity contribution in [2.75, 3.05) is 11.9 Å². The summed E-state index contributed by atoms with van der Waals surface area (Å²) in [7, 11) is 0. The number of fused-ring (bicyclic) bond motifs is 1. The van der Waals surface area contributed by atoms with Gasteiger partial charge in [-0.3, -0.25) is 9.59 Å². The Hall–Kier alpha value is -2.04. The Kier molecular flexibility index (Phi) is 4.39. The lowest BCUT2D eigenvalue weighted by atomic mass is 10.1. The molecular weight excluding hydrogens is 244 g/mol. The summed E-state index contributed by atoms with van der Waals surface area (Å²) in [6.45, 7) is 2.57. The molecule has 2 N–H and O–H groups in total. The second kappa shape index (κ2) is 6.22. The molecule has 0 saturated heterocycles. The van der Waals surface area contributed by atoms with Gasteiger partial charge in [-0.15, -0.1) is 0 Å². The highest BCUT2D eigenvalue weighted by Crippen LogP contribution is 2.28. The van der Waals surface area contributed by atoms with Crippen molar-refractivity contribution < 1.29 is 14.3 Å². The van der Waals surface area contributed by atoms with Crippen LogP contribution in [0.25, 0.3) is 0 Å². The first-order chi connectivity index (χ1) is 9.19. The fourth-order valence-corrected chi connectivity index (χ4v) is 1.87. The van der Waals surface area contributed by atoms with Crippen LogP contribution in [0.15, 0.2) is 18.2 Å². The van der Waals surface area contributed by atoms with E-state index >= 15 is 0 Å². The smallest absolute Gasteiger partial charge is 0.262 e. The Morgan fingerprint density at radius 2 is 2.32 bits per heavy atom. The number of ether oxygens (including phenoxy) is 1. The fraction of sp³-hybridized carbons (Fsp3) is 0.429. The molecule has 2 amide bonds. The third kappa shape index (κ3) is 3.71. The largest absolute Gasteiger partial charge is 0.482 e. The van der Waals surface area contributed by atoms with Crippen LogP contribution in [0, 0.1) is 0 Å². The lowest BCUT2D eigenvalue weighted by Gasteiger charge is -2.18. The van der Waals surface area contributed by atoms with Crippen LogP contribution in [0.3, 0.4) is 0 Å². The number of carbonyl (C=O) groups is 2. The molecule has 0 aliphatic carbocycles. The summed E-state index contributed by atoms with van der Waals surface area (Å²) in [6, 6.07) is 5.52. The van der Waals surface area contributed by atoms with E-state index in [2.05, 4.69) is 17.6 Å². The zero-order valence-electron chi connectivity index (χ0n) is 11.0. The van der Waals surface area contributed by atoms with Crippen molar-refractivity contribution in [3.63, 3.8) is 0 Å². The Bertz CT molecular complexity index is 486. The van der Waals surface area contributed by atoms with Gasteiger partial charge in [0.15, 0.2) is 6.61 Å². The van der Waals surface area contributed by atoms with Crippen molar-refractivity contribution >= 4 is 17.5 Å². The molecule has 1 aromatic carbocycles. The van der Waals surface area contributed by atoms with Crippen LogP contribution in [0.1, 0.15) is 31.7 Å². The highest BCUT2D eigenvalue weighted by atomic mass is 16.5. The molecule has 19 heavy (non-hydrogen) atoms. The molecule has 0 unspecified atom stereocenters. The molecule has 0 fully saturated rings. The molecule has 0 bridgehead atoms. The van der Waals surface area contributed by atoms with E-state index in [0.29, 0.717) is 24.4 Å². The number of carbonyl (C=O) groups excluding carboxylic acids is 2. The third-order valence-electron chi connectivity index (χ3n) is 2.92. The molecule has 5 heteroatoms. The zero-order chi connectivity index (χ0) is 13.7. The van der Waals surface area contributed by atoms with Gasteiger partial charge in [-0.25, -0.2) is 0 Å².